The van der Waals surface area contributed by atoms with E-state index in [4.69, 9.17) is 0 Å². The maximum absolute atomic E-state index is 4.31. The Balaban J connectivity index is 1.75. The van der Waals surface area contributed by atoms with Gasteiger partial charge in [-0.25, -0.2) is 0 Å². The van der Waals surface area contributed by atoms with Gasteiger partial charge in [-0.1, -0.05) is 0 Å². The molecule has 0 saturated heterocycles. The van der Waals surface area contributed by atoms with E-state index in [-0.39, 0.29) is 0 Å². The van der Waals surface area contributed by atoms with Crippen molar-refractivity contribution in [1.82, 2.24) is 19.7 Å². The minimum absolute atomic E-state index is 0.892. The second kappa shape index (κ2) is 5.34. The summed E-state index contributed by atoms with van der Waals surface area (Å²) in [6, 6.07) is 2.26. The summed E-state index contributed by atoms with van der Waals surface area (Å²) in [4.78, 5) is 3.94. The lowest BCUT2D eigenvalue weighted by molar-refractivity contribution is 0.239. The average Bonchev–Trinajstić information content (AvgIpc) is 2.91. The van der Waals surface area contributed by atoms with E-state index in [2.05, 4.69) is 48.6 Å². The van der Waals surface area contributed by atoms with Gasteiger partial charge in [0.2, 0.25) is 0 Å². The predicted molar refractivity (Wildman–Crippen MR) is 80.3 cm³/mol. The Hall–Kier alpha value is -0.720. The number of hydrogen-bond acceptors (Lipinski definition) is 4. The number of thiophene rings is 1. The van der Waals surface area contributed by atoms with E-state index in [1.54, 1.807) is 0 Å². The SMILES string of the molecule is CCn1c(C)nnc1CN1CCc2cc(Br)sc2C1. The maximum Gasteiger partial charge on any atom is 0.147 e. The first-order chi connectivity index (χ1) is 9.17. The molecule has 0 bridgehead atoms. The second-order valence-electron chi connectivity index (χ2n) is 4.87. The van der Waals surface area contributed by atoms with Gasteiger partial charge in [-0.05, 0) is 47.8 Å². The van der Waals surface area contributed by atoms with E-state index in [0.717, 1.165) is 44.2 Å². The number of hydrogen-bond donors (Lipinski definition) is 0. The minimum atomic E-state index is 0.892. The maximum atomic E-state index is 4.31. The van der Waals surface area contributed by atoms with Gasteiger partial charge in [0.05, 0.1) is 10.3 Å². The molecule has 2 aromatic rings. The smallest absolute Gasteiger partial charge is 0.147 e. The molecule has 19 heavy (non-hydrogen) atoms. The van der Waals surface area contributed by atoms with Crippen LogP contribution in [0.2, 0.25) is 0 Å². The number of halogens is 1. The fourth-order valence-corrected chi connectivity index (χ4v) is 4.46. The van der Waals surface area contributed by atoms with Gasteiger partial charge in [0.25, 0.3) is 0 Å². The summed E-state index contributed by atoms with van der Waals surface area (Å²) in [5, 5.41) is 8.49. The van der Waals surface area contributed by atoms with Crippen molar-refractivity contribution in [2.75, 3.05) is 6.54 Å². The van der Waals surface area contributed by atoms with Crippen LogP contribution in [0.1, 0.15) is 29.0 Å². The van der Waals surface area contributed by atoms with E-state index in [1.165, 1.54) is 14.2 Å². The zero-order valence-electron chi connectivity index (χ0n) is 11.2. The predicted octanol–water partition coefficient (Wildman–Crippen LogP) is 2.99. The first-order valence-corrected chi connectivity index (χ1v) is 8.16. The number of aryl methyl sites for hydroxylation is 1. The summed E-state index contributed by atoms with van der Waals surface area (Å²) in [6.45, 7) is 8.13. The van der Waals surface area contributed by atoms with Gasteiger partial charge < -0.3 is 4.57 Å². The molecule has 3 rings (SSSR count). The second-order valence-corrected chi connectivity index (χ2v) is 7.38. The number of fused-ring (bicyclic) bond motifs is 1. The van der Waals surface area contributed by atoms with Crippen LogP contribution in [0.15, 0.2) is 9.85 Å². The van der Waals surface area contributed by atoms with Crippen LogP contribution in [-0.2, 0) is 26.1 Å². The summed E-state index contributed by atoms with van der Waals surface area (Å²) in [6.07, 6.45) is 1.14. The highest BCUT2D eigenvalue weighted by atomic mass is 79.9. The molecule has 0 saturated carbocycles. The summed E-state index contributed by atoms with van der Waals surface area (Å²) in [7, 11) is 0. The Kier molecular flexibility index (Phi) is 3.73. The molecule has 0 N–H and O–H groups in total. The molecule has 0 atom stereocenters. The third-order valence-corrected chi connectivity index (χ3v) is 5.29. The molecule has 0 radical (unpaired) electrons. The summed E-state index contributed by atoms with van der Waals surface area (Å²) >= 11 is 5.43. The van der Waals surface area contributed by atoms with Crippen molar-refractivity contribution in [2.45, 2.75) is 39.9 Å². The van der Waals surface area contributed by atoms with Gasteiger partial charge in [-0.2, -0.15) is 0 Å². The highest BCUT2D eigenvalue weighted by molar-refractivity contribution is 9.11. The van der Waals surface area contributed by atoms with Gasteiger partial charge >= 0.3 is 0 Å². The standard InChI is InChI=1S/C13H17BrN4S/c1-3-18-9(2)15-16-13(18)8-17-5-4-10-6-12(14)19-11(10)7-17/h6H,3-5,7-8H2,1-2H3. The highest BCUT2D eigenvalue weighted by Gasteiger charge is 2.20. The lowest BCUT2D eigenvalue weighted by Gasteiger charge is -2.26. The van der Waals surface area contributed by atoms with Gasteiger partial charge in [-0.3, -0.25) is 4.90 Å². The van der Waals surface area contributed by atoms with Gasteiger partial charge in [0.1, 0.15) is 11.6 Å². The quantitative estimate of drug-likeness (QED) is 0.861. The molecule has 6 heteroatoms. The Morgan fingerprint density at radius 2 is 2.26 bits per heavy atom. The van der Waals surface area contributed by atoms with Crippen molar-refractivity contribution in [3.8, 4) is 0 Å². The molecule has 0 amide bonds. The van der Waals surface area contributed by atoms with Gasteiger partial charge in [0.15, 0.2) is 0 Å². The molecule has 4 nitrogen and oxygen atoms in total. The lowest BCUT2D eigenvalue weighted by Crippen LogP contribution is -2.30. The largest absolute Gasteiger partial charge is 0.314 e. The molecule has 3 heterocycles. The van der Waals surface area contributed by atoms with Gasteiger partial charge in [-0.15, -0.1) is 21.5 Å². The molecular weight excluding hydrogens is 324 g/mol. The normalized spacial score (nSPS) is 15.7. The van der Waals surface area contributed by atoms with Gasteiger partial charge in [0, 0.05) is 24.5 Å². The Morgan fingerprint density at radius 3 is 3.05 bits per heavy atom. The van der Waals surface area contributed by atoms with E-state index in [1.807, 2.05) is 18.3 Å². The van der Waals surface area contributed by atoms with E-state index in [0.29, 0.717) is 0 Å². The van der Waals surface area contributed by atoms with E-state index >= 15 is 0 Å². The van der Waals surface area contributed by atoms with Crippen molar-refractivity contribution in [1.29, 1.82) is 0 Å². The minimum Gasteiger partial charge on any atom is -0.314 e. The summed E-state index contributed by atoms with van der Waals surface area (Å²) in [5.74, 6) is 2.09. The molecule has 0 unspecified atom stereocenters. The van der Waals surface area contributed by atoms with Crippen LogP contribution in [-0.4, -0.2) is 26.2 Å². The van der Waals surface area contributed by atoms with Crippen molar-refractivity contribution in [3.63, 3.8) is 0 Å². The third kappa shape index (κ3) is 2.61. The number of aromatic nitrogens is 3. The third-order valence-electron chi connectivity index (χ3n) is 3.62. The van der Waals surface area contributed by atoms with Crippen LogP contribution in [0, 0.1) is 6.92 Å². The lowest BCUT2D eigenvalue weighted by atomic mass is 10.1. The van der Waals surface area contributed by atoms with Crippen molar-refractivity contribution < 1.29 is 0 Å². The monoisotopic (exact) mass is 340 g/mol. The molecule has 1 aliphatic rings. The zero-order valence-corrected chi connectivity index (χ0v) is 13.6. The number of rotatable bonds is 3. The van der Waals surface area contributed by atoms with Crippen LogP contribution in [0.4, 0.5) is 0 Å². The topological polar surface area (TPSA) is 34.0 Å². The highest BCUT2D eigenvalue weighted by Crippen LogP contribution is 2.31. The molecule has 0 aromatic carbocycles. The molecular formula is C13H17BrN4S. The van der Waals surface area contributed by atoms with Crippen LogP contribution >= 0.6 is 27.3 Å². The fourth-order valence-electron chi connectivity index (χ4n) is 2.62. The molecule has 0 aliphatic carbocycles. The zero-order chi connectivity index (χ0) is 13.4. The Labute approximate surface area is 125 Å². The molecule has 0 spiro atoms. The van der Waals surface area contributed by atoms with Crippen LogP contribution in [0.5, 0.6) is 0 Å². The Morgan fingerprint density at radius 1 is 1.42 bits per heavy atom. The van der Waals surface area contributed by atoms with Crippen LogP contribution in [0.25, 0.3) is 0 Å². The van der Waals surface area contributed by atoms with Crippen molar-refractivity contribution in [3.05, 3.63) is 31.9 Å². The molecule has 2 aromatic heterocycles. The first kappa shape index (κ1) is 13.3. The Bertz CT molecular complexity index is 589. The van der Waals surface area contributed by atoms with Crippen molar-refractivity contribution >= 4 is 27.3 Å². The molecule has 102 valence electrons. The van der Waals surface area contributed by atoms with Crippen LogP contribution in [0.3, 0.4) is 0 Å². The molecule has 1 aliphatic heterocycles. The van der Waals surface area contributed by atoms with Crippen molar-refractivity contribution in [2.24, 2.45) is 0 Å². The average molecular weight is 341 g/mol. The van der Waals surface area contributed by atoms with Crippen LogP contribution < -0.4 is 0 Å². The first-order valence-electron chi connectivity index (χ1n) is 6.55. The fraction of sp³-hybridized carbons (Fsp3) is 0.538. The van der Waals surface area contributed by atoms with E-state index in [9.17, 15) is 0 Å². The number of nitrogens with zero attached hydrogens (tertiary/aromatic N) is 4. The van der Waals surface area contributed by atoms with E-state index < -0.39 is 0 Å². The molecule has 0 fully saturated rings. The summed E-state index contributed by atoms with van der Waals surface area (Å²) < 4.78 is 3.44. The summed E-state index contributed by atoms with van der Waals surface area (Å²) in [5.41, 5.74) is 1.50.